The Balaban J connectivity index is 2.25. The van der Waals surface area contributed by atoms with E-state index >= 15 is 0 Å². The minimum Gasteiger partial charge on any atom is -0.507 e. The quantitative estimate of drug-likeness (QED) is 0.360. The Morgan fingerprint density at radius 1 is 1.00 bits per heavy atom. The molecule has 2 aromatic carbocycles. The number of aliphatic carboxylic acids is 1. The molecule has 7 heteroatoms. The second-order valence-corrected chi connectivity index (χ2v) is 5.24. The SMILES string of the molecule is C=C(C(=O)O[C@H](CC(=O)O)c1ccc(O)c(O)c1)c1ccccc1O. The number of ether oxygens (including phenoxy) is 1. The van der Waals surface area contributed by atoms with Crippen LogP contribution in [0.3, 0.4) is 0 Å². The molecule has 0 spiro atoms. The van der Waals surface area contributed by atoms with Crippen molar-refractivity contribution in [1.29, 1.82) is 0 Å². The Hall–Kier alpha value is -3.48. The van der Waals surface area contributed by atoms with Gasteiger partial charge >= 0.3 is 11.9 Å². The fourth-order valence-electron chi connectivity index (χ4n) is 2.17. The molecule has 0 fully saturated rings. The number of esters is 1. The molecular formula is C18H16O7. The monoisotopic (exact) mass is 344 g/mol. The first-order valence-corrected chi connectivity index (χ1v) is 7.21. The number of hydrogen-bond acceptors (Lipinski definition) is 6. The number of aromatic hydroxyl groups is 3. The number of carbonyl (C=O) groups excluding carboxylic acids is 1. The fraction of sp³-hybridized carbons (Fsp3) is 0.111. The standard InChI is InChI=1S/C18H16O7/c1-10(12-4-2-3-5-13(12)19)18(24)25-16(9-17(22)23)11-6-7-14(20)15(21)8-11/h2-8,16,19-21H,1,9H2,(H,22,23)/t16-/m1/s1. The van der Waals surface area contributed by atoms with Gasteiger partial charge in [0.25, 0.3) is 0 Å². The number of benzene rings is 2. The van der Waals surface area contributed by atoms with Crippen molar-refractivity contribution >= 4 is 17.5 Å². The minimum absolute atomic E-state index is 0.142. The summed E-state index contributed by atoms with van der Waals surface area (Å²) in [6.45, 7) is 3.57. The van der Waals surface area contributed by atoms with Crippen LogP contribution < -0.4 is 0 Å². The molecule has 25 heavy (non-hydrogen) atoms. The molecule has 0 amide bonds. The minimum atomic E-state index is -1.22. The number of phenols is 3. The molecule has 0 heterocycles. The lowest BCUT2D eigenvalue weighted by molar-refractivity contribution is -0.148. The molecule has 0 aliphatic rings. The Morgan fingerprint density at radius 2 is 1.68 bits per heavy atom. The first-order valence-electron chi connectivity index (χ1n) is 7.21. The molecule has 0 bridgehead atoms. The molecular weight excluding hydrogens is 328 g/mol. The Labute approximate surface area is 143 Å². The van der Waals surface area contributed by atoms with Crippen LogP contribution >= 0.6 is 0 Å². The zero-order valence-corrected chi connectivity index (χ0v) is 13.0. The molecule has 2 rings (SSSR count). The average molecular weight is 344 g/mol. The van der Waals surface area contributed by atoms with E-state index in [4.69, 9.17) is 9.84 Å². The number of phenolic OH excluding ortho intramolecular Hbond substituents is 3. The summed E-state index contributed by atoms with van der Waals surface area (Å²) in [4.78, 5) is 23.3. The number of carboxylic acids is 1. The van der Waals surface area contributed by atoms with Gasteiger partial charge in [0.05, 0.1) is 12.0 Å². The molecule has 0 saturated carbocycles. The maximum absolute atomic E-state index is 12.3. The van der Waals surface area contributed by atoms with Gasteiger partial charge < -0.3 is 25.2 Å². The summed E-state index contributed by atoms with van der Waals surface area (Å²) in [6, 6.07) is 9.62. The third-order valence-electron chi connectivity index (χ3n) is 3.46. The van der Waals surface area contributed by atoms with Crippen molar-refractivity contribution in [2.45, 2.75) is 12.5 Å². The summed E-state index contributed by atoms with van der Waals surface area (Å²) < 4.78 is 5.19. The van der Waals surface area contributed by atoms with E-state index in [1.807, 2.05) is 0 Å². The molecule has 2 aromatic rings. The van der Waals surface area contributed by atoms with Crippen molar-refractivity contribution in [1.82, 2.24) is 0 Å². The summed E-state index contributed by atoms with van der Waals surface area (Å²) in [5, 5.41) is 37.7. The molecule has 7 nitrogen and oxygen atoms in total. The highest BCUT2D eigenvalue weighted by Gasteiger charge is 2.24. The number of carboxylic acid groups (broad SMARTS) is 1. The molecule has 0 unspecified atom stereocenters. The van der Waals surface area contributed by atoms with Gasteiger partial charge in [-0.1, -0.05) is 30.8 Å². The van der Waals surface area contributed by atoms with Crippen LogP contribution in [0.4, 0.5) is 0 Å². The van der Waals surface area contributed by atoms with Crippen molar-refractivity contribution in [2.75, 3.05) is 0 Å². The van der Waals surface area contributed by atoms with Gasteiger partial charge in [0.1, 0.15) is 11.9 Å². The highest BCUT2D eigenvalue weighted by atomic mass is 16.5. The number of rotatable bonds is 6. The van der Waals surface area contributed by atoms with Crippen molar-refractivity contribution in [3.8, 4) is 17.2 Å². The van der Waals surface area contributed by atoms with Gasteiger partial charge in [-0.15, -0.1) is 0 Å². The van der Waals surface area contributed by atoms with Crippen LogP contribution in [-0.2, 0) is 14.3 Å². The average Bonchev–Trinajstić information content (AvgIpc) is 2.56. The van der Waals surface area contributed by atoms with E-state index in [1.54, 1.807) is 12.1 Å². The van der Waals surface area contributed by atoms with Crippen molar-refractivity contribution in [3.63, 3.8) is 0 Å². The van der Waals surface area contributed by atoms with E-state index in [1.165, 1.54) is 18.2 Å². The number of carbonyl (C=O) groups is 2. The lowest BCUT2D eigenvalue weighted by Crippen LogP contribution is -2.16. The second-order valence-electron chi connectivity index (χ2n) is 5.24. The van der Waals surface area contributed by atoms with Gasteiger partial charge in [-0.25, -0.2) is 4.79 Å². The van der Waals surface area contributed by atoms with Gasteiger partial charge in [0.2, 0.25) is 0 Å². The normalized spacial score (nSPS) is 11.5. The van der Waals surface area contributed by atoms with Gasteiger partial charge in [-0.3, -0.25) is 4.79 Å². The zero-order valence-electron chi connectivity index (χ0n) is 13.0. The van der Waals surface area contributed by atoms with Crippen LogP contribution in [0.1, 0.15) is 23.7 Å². The van der Waals surface area contributed by atoms with E-state index in [0.717, 1.165) is 12.1 Å². The third-order valence-corrected chi connectivity index (χ3v) is 3.46. The number of para-hydroxylation sites is 1. The van der Waals surface area contributed by atoms with Crippen LogP contribution in [0.15, 0.2) is 49.0 Å². The summed E-state index contributed by atoms with van der Waals surface area (Å²) in [7, 11) is 0. The zero-order chi connectivity index (χ0) is 18.6. The van der Waals surface area contributed by atoms with Crippen molar-refractivity contribution in [2.24, 2.45) is 0 Å². The van der Waals surface area contributed by atoms with Crippen molar-refractivity contribution in [3.05, 3.63) is 60.2 Å². The number of hydrogen-bond donors (Lipinski definition) is 4. The lowest BCUT2D eigenvalue weighted by Gasteiger charge is -2.18. The van der Waals surface area contributed by atoms with E-state index < -0.39 is 30.2 Å². The summed E-state index contributed by atoms with van der Waals surface area (Å²) in [6.07, 6.45) is -1.76. The molecule has 0 aliphatic heterocycles. The predicted molar refractivity (Wildman–Crippen MR) is 88.0 cm³/mol. The molecule has 4 N–H and O–H groups in total. The molecule has 0 aliphatic carbocycles. The Morgan fingerprint density at radius 3 is 2.28 bits per heavy atom. The van der Waals surface area contributed by atoms with Crippen LogP contribution in [0.5, 0.6) is 17.2 Å². The van der Waals surface area contributed by atoms with Gasteiger partial charge in [0, 0.05) is 5.56 Å². The highest BCUT2D eigenvalue weighted by molar-refractivity contribution is 6.16. The maximum Gasteiger partial charge on any atom is 0.338 e. The van der Waals surface area contributed by atoms with E-state index in [2.05, 4.69) is 6.58 Å². The molecule has 0 saturated heterocycles. The first kappa shape index (κ1) is 17.9. The van der Waals surface area contributed by atoms with Crippen LogP contribution in [-0.4, -0.2) is 32.4 Å². The van der Waals surface area contributed by atoms with Crippen molar-refractivity contribution < 1.29 is 34.8 Å². The maximum atomic E-state index is 12.3. The van der Waals surface area contributed by atoms with Gasteiger partial charge in [-0.05, 0) is 23.8 Å². The molecule has 0 radical (unpaired) electrons. The van der Waals surface area contributed by atoms with Crippen LogP contribution in [0.2, 0.25) is 0 Å². The Bertz CT molecular complexity index is 826. The summed E-state index contributed by atoms with van der Waals surface area (Å²) in [5.74, 6) is -3.16. The molecule has 130 valence electrons. The second kappa shape index (κ2) is 7.39. The summed E-state index contributed by atoms with van der Waals surface area (Å²) >= 11 is 0. The predicted octanol–water partition coefficient (Wildman–Crippen LogP) is 2.58. The smallest absolute Gasteiger partial charge is 0.338 e. The molecule has 0 aromatic heterocycles. The van der Waals surface area contributed by atoms with Gasteiger partial charge in [0.15, 0.2) is 11.5 Å². The summed E-state index contributed by atoms with van der Waals surface area (Å²) in [5.41, 5.74) is 0.211. The lowest BCUT2D eigenvalue weighted by atomic mass is 10.0. The van der Waals surface area contributed by atoms with Crippen LogP contribution in [0.25, 0.3) is 5.57 Å². The largest absolute Gasteiger partial charge is 0.507 e. The van der Waals surface area contributed by atoms with E-state index in [-0.39, 0.29) is 28.2 Å². The van der Waals surface area contributed by atoms with E-state index in [0.29, 0.717) is 0 Å². The fourth-order valence-corrected chi connectivity index (χ4v) is 2.17. The van der Waals surface area contributed by atoms with E-state index in [9.17, 15) is 24.9 Å². The Kier molecular flexibility index (Phi) is 5.28. The topological polar surface area (TPSA) is 124 Å². The first-order chi connectivity index (χ1) is 11.8. The third kappa shape index (κ3) is 4.29. The highest BCUT2D eigenvalue weighted by Crippen LogP contribution is 2.32. The van der Waals surface area contributed by atoms with Crippen LogP contribution in [0, 0.1) is 0 Å². The molecule has 1 atom stereocenters. The van der Waals surface area contributed by atoms with Gasteiger partial charge in [-0.2, -0.15) is 0 Å².